The molecule has 1 aromatic carbocycles. The summed E-state index contributed by atoms with van der Waals surface area (Å²) in [6.45, 7) is 3.33. The Hall–Kier alpha value is -1.77. The average molecular weight is 382 g/mol. The molecule has 0 saturated carbocycles. The Morgan fingerprint density at radius 2 is 2.00 bits per heavy atom. The van der Waals surface area contributed by atoms with E-state index in [2.05, 4.69) is 0 Å². The van der Waals surface area contributed by atoms with E-state index in [1.807, 2.05) is 17.1 Å². The zero-order valence-corrected chi connectivity index (χ0v) is 15.5. The number of halogens is 1. The quantitative estimate of drug-likeness (QED) is 0.807. The number of carbonyl (C=O) groups is 1. The summed E-state index contributed by atoms with van der Waals surface area (Å²) in [5, 5.41) is 9.78. The zero-order chi connectivity index (χ0) is 18.9. The summed E-state index contributed by atoms with van der Waals surface area (Å²) in [4.78, 5) is 14.0. The lowest BCUT2D eigenvalue weighted by molar-refractivity contribution is -0.148. The van der Waals surface area contributed by atoms with Gasteiger partial charge in [0.2, 0.25) is 10.0 Å². The van der Waals surface area contributed by atoms with Crippen molar-refractivity contribution >= 4 is 22.1 Å². The summed E-state index contributed by atoms with van der Waals surface area (Å²) in [7, 11) is -3.38. The number of hydrogen-bond donors (Lipinski definition) is 1. The van der Waals surface area contributed by atoms with Gasteiger partial charge in [-0.2, -0.15) is 0 Å². The Kier molecular flexibility index (Phi) is 5.18. The lowest BCUT2D eigenvalue weighted by Crippen LogP contribution is -2.42. The Labute approximate surface area is 153 Å². The van der Waals surface area contributed by atoms with Crippen molar-refractivity contribution in [1.82, 2.24) is 9.21 Å². The van der Waals surface area contributed by atoms with Gasteiger partial charge in [0.15, 0.2) is 0 Å². The first-order chi connectivity index (χ1) is 12.3. The molecule has 2 aliphatic heterocycles. The second-order valence-corrected chi connectivity index (χ2v) is 9.26. The molecule has 6 nitrogen and oxygen atoms in total. The third kappa shape index (κ3) is 3.54. The highest BCUT2D eigenvalue weighted by molar-refractivity contribution is 7.89. The second-order valence-electron chi connectivity index (χ2n) is 7.00. The van der Waals surface area contributed by atoms with E-state index in [1.165, 1.54) is 16.4 Å². The maximum Gasteiger partial charge on any atom is 0.312 e. The maximum atomic E-state index is 12.9. The van der Waals surface area contributed by atoms with Crippen LogP contribution in [0.25, 0.3) is 6.08 Å². The average Bonchev–Trinajstić information content (AvgIpc) is 3.12. The molecular formula is C18H23FN2O4S. The molecule has 2 saturated heterocycles. The number of likely N-dealkylation sites (tertiary alicyclic amines) is 1. The van der Waals surface area contributed by atoms with E-state index >= 15 is 0 Å². The van der Waals surface area contributed by atoms with Crippen molar-refractivity contribution in [2.75, 3.05) is 38.5 Å². The predicted molar refractivity (Wildman–Crippen MR) is 96.5 cm³/mol. The molecule has 8 heteroatoms. The van der Waals surface area contributed by atoms with Crippen LogP contribution < -0.4 is 0 Å². The van der Waals surface area contributed by atoms with Crippen molar-refractivity contribution in [2.45, 2.75) is 6.92 Å². The summed E-state index contributed by atoms with van der Waals surface area (Å²) in [6, 6.07) is 6.14. The maximum absolute atomic E-state index is 12.9. The van der Waals surface area contributed by atoms with Gasteiger partial charge in [-0.15, -0.1) is 0 Å². The summed E-state index contributed by atoms with van der Waals surface area (Å²) >= 11 is 0. The number of carboxylic acid groups (broad SMARTS) is 1. The number of nitrogens with zero attached hydrogens (tertiary/aromatic N) is 2. The molecule has 2 atom stereocenters. The van der Waals surface area contributed by atoms with Gasteiger partial charge in [0, 0.05) is 38.6 Å². The molecule has 26 heavy (non-hydrogen) atoms. The molecule has 3 rings (SSSR count). The van der Waals surface area contributed by atoms with E-state index in [4.69, 9.17) is 0 Å². The lowest BCUT2D eigenvalue weighted by atomic mass is 9.81. The SMILES string of the molecule is CCS(=O)(=O)N1C[C@H]2CN(C/C=C/c3ccc(F)cc3)C[C@@]2(C(=O)O)C1. The van der Waals surface area contributed by atoms with Crippen LogP contribution in [0.1, 0.15) is 12.5 Å². The van der Waals surface area contributed by atoms with E-state index in [0.717, 1.165) is 5.56 Å². The van der Waals surface area contributed by atoms with Crippen LogP contribution in [-0.4, -0.2) is 67.2 Å². The van der Waals surface area contributed by atoms with Crippen molar-refractivity contribution in [3.8, 4) is 0 Å². The van der Waals surface area contributed by atoms with Crippen molar-refractivity contribution in [3.05, 3.63) is 41.7 Å². The first kappa shape index (κ1) is 19.0. The molecule has 2 aliphatic rings. The normalized spacial score (nSPS) is 27.2. The van der Waals surface area contributed by atoms with Crippen molar-refractivity contribution in [3.63, 3.8) is 0 Å². The molecular weight excluding hydrogens is 359 g/mol. The fraction of sp³-hybridized carbons (Fsp3) is 0.500. The van der Waals surface area contributed by atoms with Crippen molar-refractivity contribution < 1.29 is 22.7 Å². The van der Waals surface area contributed by atoms with Gasteiger partial charge in [-0.1, -0.05) is 24.3 Å². The molecule has 0 aliphatic carbocycles. The standard InChI is InChI=1S/C18H23FN2O4S/c1-2-26(24,25)21-11-15-10-20(12-18(15,13-21)17(22)23)9-3-4-14-5-7-16(19)8-6-14/h3-8,15H,2,9-13H2,1H3,(H,22,23)/b4-3+/t15-,18-/m1/s1. The molecule has 0 radical (unpaired) electrons. The molecule has 1 N–H and O–H groups in total. The van der Waals surface area contributed by atoms with Crippen LogP contribution in [0.3, 0.4) is 0 Å². The number of rotatable bonds is 6. The summed E-state index contributed by atoms with van der Waals surface area (Å²) < 4.78 is 38.5. The highest BCUT2D eigenvalue weighted by Crippen LogP contribution is 2.43. The van der Waals surface area contributed by atoms with Crippen LogP contribution in [0.15, 0.2) is 30.3 Å². The van der Waals surface area contributed by atoms with Gasteiger partial charge in [0.25, 0.3) is 0 Å². The molecule has 142 valence electrons. The summed E-state index contributed by atoms with van der Waals surface area (Å²) in [6.07, 6.45) is 3.79. The Bertz CT molecular complexity index is 809. The topological polar surface area (TPSA) is 77.9 Å². The van der Waals surface area contributed by atoms with Gasteiger partial charge in [-0.05, 0) is 24.6 Å². The predicted octanol–water partition coefficient (Wildman–Crippen LogP) is 1.51. The zero-order valence-electron chi connectivity index (χ0n) is 14.6. The summed E-state index contributed by atoms with van der Waals surface area (Å²) in [5.74, 6) is -1.44. The highest BCUT2D eigenvalue weighted by atomic mass is 32.2. The Balaban J connectivity index is 1.66. The van der Waals surface area contributed by atoms with Crippen LogP contribution in [0.4, 0.5) is 4.39 Å². The van der Waals surface area contributed by atoms with E-state index in [1.54, 1.807) is 19.1 Å². The minimum Gasteiger partial charge on any atom is -0.481 e. The highest BCUT2D eigenvalue weighted by Gasteiger charge is 2.59. The minimum atomic E-state index is -3.38. The lowest BCUT2D eigenvalue weighted by Gasteiger charge is -2.24. The number of fused-ring (bicyclic) bond motifs is 1. The van der Waals surface area contributed by atoms with Gasteiger partial charge < -0.3 is 5.11 Å². The first-order valence-corrected chi connectivity index (χ1v) is 10.2. The van der Waals surface area contributed by atoms with E-state index in [-0.39, 0.29) is 30.6 Å². The van der Waals surface area contributed by atoms with Gasteiger partial charge in [-0.25, -0.2) is 17.1 Å². The Morgan fingerprint density at radius 3 is 2.58 bits per heavy atom. The van der Waals surface area contributed by atoms with Gasteiger partial charge >= 0.3 is 5.97 Å². The Morgan fingerprint density at radius 1 is 1.31 bits per heavy atom. The van der Waals surface area contributed by atoms with Crippen LogP contribution in [0, 0.1) is 17.2 Å². The third-order valence-corrected chi connectivity index (χ3v) is 7.17. The number of sulfonamides is 1. The molecule has 0 unspecified atom stereocenters. The summed E-state index contributed by atoms with van der Waals surface area (Å²) in [5.41, 5.74) is -0.162. The molecule has 0 spiro atoms. The minimum absolute atomic E-state index is 0.0143. The number of hydrogen-bond acceptors (Lipinski definition) is 4. The molecule has 2 fully saturated rings. The number of aliphatic carboxylic acids is 1. The molecule has 0 amide bonds. The third-order valence-electron chi connectivity index (χ3n) is 5.38. The fourth-order valence-electron chi connectivity index (χ4n) is 3.87. The van der Waals surface area contributed by atoms with Gasteiger partial charge in [0.1, 0.15) is 5.82 Å². The largest absolute Gasteiger partial charge is 0.481 e. The van der Waals surface area contributed by atoms with E-state index < -0.39 is 21.4 Å². The van der Waals surface area contributed by atoms with Crippen molar-refractivity contribution in [1.29, 1.82) is 0 Å². The van der Waals surface area contributed by atoms with Crippen LogP contribution >= 0.6 is 0 Å². The van der Waals surface area contributed by atoms with Crippen LogP contribution in [0.5, 0.6) is 0 Å². The van der Waals surface area contributed by atoms with Crippen LogP contribution in [-0.2, 0) is 14.8 Å². The molecule has 0 bridgehead atoms. The van der Waals surface area contributed by atoms with E-state index in [0.29, 0.717) is 19.6 Å². The smallest absolute Gasteiger partial charge is 0.312 e. The first-order valence-electron chi connectivity index (χ1n) is 8.62. The van der Waals surface area contributed by atoms with Gasteiger partial charge in [0.05, 0.1) is 11.2 Å². The molecule has 0 aromatic heterocycles. The molecule has 1 aromatic rings. The monoisotopic (exact) mass is 382 g/mol. The van der Waals surface area contributed by atoms with Crippen LogP contribution in [0.2, 0.25) is 0 Å². The molecule has 2 heterocycles. The number of carboxylic acids is 1. The second kappa shape index (κ2) is 7.09. The van der Waals surface area contributed by atoms with Crippen molar-refractivity contribution in [2.24, 2.45) is 11.3 Å². The fourth-order valence-corrected chi connectivity index (χ4v) is 5.07. The number of benzene rings is 1. The van der Waals surface area contributed by atoms with Gasteiger partial charge in [-0.3, -0.25) is 9.69 Å². The van der Waals surface area contributed by atoms with E-state index in [9.17, 15) is 22.7 Å².